The van der Waals surface area contributed by atoms with E-state index in [0.29, 0.717) is 5.69 Å². The fraction of sp³-hybridized carbons (Fsp3) is 0.200. The normalized spacial score (nSPS) is 9.44. The molecule has 1 aromatic heterocycles. The van der Waals surface area contributed by atoms with Gasteiger partial charge in [-0.2, -0.15) is 0 Å². The van der Waals surface area contributed by atoms with E-state index < -0.39 is 0 Å². The molecule has 0 aromatic carbocycles. The number of alkyl halides is 1. The van der Waals surface area contributed by atoms with Crippen LogP contribution in [-0.4, -0.2) is 16.6 Å². The molecule has 1 aromatic rings. The Morgan fingerprint density at radius 1 is 1.89 bits per heavy atom. The van der Waals surface area contributed by atoms with Crippen LogP contribution in [0.4, 0.5) is 0 Å². The molecule has 0 aliphatic carbocycles. The van der Waals surface area contributed by atoms with Crippen LogP contribution < -0.4 is 0 Å². The van der Waals surface area contributed by atoms with Crippen molar-refractivity contribution < 1.29 is 4.79 Å². The molecule has 0 saturated carbocycles. The van der Waals surface area contributed by atoms with Crippen molar-refractivity contribution in [1.29, 1.82) is 0 Å². The van der Waals surface area contributed by atoms with Gasteiger partial charge in [-0.15, -0.1) is 22.9 Å². The maximum absolute atomic E-state index is 10.7. The summed E-state index contributed by atoms with van der Waals surface area (Å²) >= 11 is 6.65. The van der Waals surface area contributed by atoms with E-state index in [4.69, 9.17) is 11.6 Å². The number of carbonyl (C=O) groups is 1. The summed E-state index contributed by atoms with van der Waals surface area (Å²) in [4.78, 5) is 14.5. The lowest BCUT2D eigenvalue weighted by atomic mass is 10.4. The lowest BCUT2D eigenvalue weighted by molar-refractivity contribution is 0.101. The number of carbonyl (C=O) groups excluding carboxylic acids is 1. The minimum absolute atomic E-state index is 0.0176. The van der Waals surface area contributed by atoms with Gasteiger partial charge in [-0.1, -0.05) is 0 Å². The summed E-state index contributed by atoms with van der Waals surface area (Å²) in [5.41, 5.74) is 2.08. The van der Waals surface area contributed by atoms with Crippen LogP contribution in [0.15, 0.2) is 10.9 Å². The molecule has 0 amide bonds. The molecule has 4 heteroatoms. The number of thiazole rings is 1. The molecule has 0 atom stereocenters. The van der Waals surface area contributed by atoms with Crippen molar-refractivity contribution in [1.82, 2.24) is 4.98 Å². The third-order valence-electron chi connectivity index (χ3n) is 0.839. The first-order valence-electron chi connectivity index (χ1n) is 2.32. The smallest absolute Gasteiger partial charge is 0.196 e. The zero-order chi connectivity index (χ0) is 6.69. The van der Waals surface area contributed by atoms with E-state index in [1.165, 1.54) is 11.3 Å². The first-order valence-corrected chi connectivity index (χ1v) is 3.79. The molecule has 1 heterocycles. The molecule has 0 radical (unpaired) electrons. The van der Waals surface area contributed by atoms with E-state index in [0.717, 1.165) is 0 Å². The number of aromatic nitrogens is 1. The van der Waals surface area contributed by atoms with Crippen molar-refractivity contribution in [2.45, 2.75) is 0 Å². The van der Waals surface area contributed by atoms with Gasteiger partial charge in [-0.25, -0.2) is 4.98 Å². The van der Waals surface area contributed by atoms with Gasteiger partial charge in [0.1, 0.15) is 5.69 Å². The van der Waals surface area contributed by atoms with Gasteiger partial charge >= 0.3 is 0 Å². The standard InChI is InChI=1S/C5H4ClNOS/c6-1-5(8)4-2-9-3-7-4/h2-3H,1H2. The van der Waals surface area contributed by atoms with Gasteiger partial charge in [0, 0.05) is 5.38 Å². The molecule has 0 aliphatic rings. The van der Waals surface area contributed by atoms with Crippen LogP contribution in [0.2, 0.25) is 0 Å². The second-order valence-corrected chi connectivity index (χ2v) is 2.42. The Morgan fingerprint density at radius 2 is 2.67 bits per heavy atom. The van der Waals surface area contributed by atoms with Gasteiger partial charge in [0.25, 0.3) is 0 Å². The van der Waals surface area contributed by atoms with Crippen molar-refractivity contribution in [2.24, 2.45) is 0 Å². The molecule has 0 spiro atoms. The second-order valence-electron chi connectivity index (χ2n) is 1.43. The van der Waals surface area contributed by atoms with Crippen LogP contribution in [0.5, 0.6) is 0 Å². The van der Waals surface area contributed by atoms with Crippen molar-refractivity contribution in [3.63, 3.8) is 0 Å². The molecule has 0 fully saturated rings. The molecule has 0 unspecified atom stereocenters. The maximum atomic E-state index is 10.7. The largest absolute Gasteiger partial charge is 0.291 e. The first-order chi connectivity index (χ1) is 4.34. The van der Waals surface area contributed by atoms with Crippen LogP contribution in [-0.2, 0) is 0 Å². The third kappa shape index (κ3) is 1.50. The maximum Gasteiger partial charge on any atom is 0.196 e. The van der Waals surface area contributed by atoms with Gasteiger partial charge < -0.3 is 0 Å². The monoisotopic (exact) mass is 161 g/mol. The molecular formula is C5H4ClNOS. The van der Waals surface area contributed by atoms with Gasteiger partial charge in [-0.05, 0) is 0 Å². The lowest BCUT2D eigenvalue weighted by Gasteiger charge is -1.83. The Balaban J connectivity index is 2.77. The van der Waals surface area contributed by atoms with Crippen LogP contribution in [0, 0.1) is 0 Å². The first kappa shape index (κ1) is 6.71. The van der Waals surface area contributed by atoms with Gasteiger partial charge in [0.2, 0.25) is 0 Å². The molecular weight excluding hydrogens is 158 g/mol. The SMILES string of the molecule is O=C(CCl)c1cscn1. The number of nitrogens with zero attached hydrogens (tertiary/aromatic N) is 1. The summed E-state index contributed by atoms with van der Waals surface area (Å²) in [6.45, 7) is 0. The third-order valence-corrected chi connectivity index (χ3v) is 1.67. The highest BCUT2D eigenvalue weighted by Gasteiger charge is 2.03. The molecule has 48 valence electrons. The van der Waals surface area contributed by atoms with Gasteiger partial charge in [-0.3, -0.25) is 4.79 Å². The number of ketones is 1. The van der Waals surface area contributed by atoms with Crippen molar-refractivity contribution >= 4 is 28.7 Å². The average molecular weight is 162 g/mol. The quantitative estimate of drug-likeness (QED) is 0.487. The highest BCUT2D eigenvalue weighted by molar-refractivity contribution is 7.07. The molecule has 1 rings (SSSR count). The highest BCUT2D eigenvalue weighted by Crippen LogP contribution is 2.02. The molecule has 2 nitrogen and oxygen atoms in total. The van der Waals surface area contributed by atoms with Crippen molar-refractivity contribution in [3.8, 4) is 0 Å². The zero-order valence-electron chi connectivity index (χ0n) is 4.50. The Morgan fingerprint density at radius 3 is 3.11 bits per heavy atom. The van der Waals surface area contributed by atoms with Crippen LogP contribution in [0.1, 0.15) is 10.5 Å². The molecule has 0 bridgehead atoms. The highest BCUT2D eigenvalue weighted by atomic mass is 35.5. The van der Waals surface area contributed by atoms with E-state index in [-0.39, 0.29) is 11.7 Å². The number of halogens is 1. The van der Waals surface area contributed by atoms with Gasteiger partial charge in [0.15, 0.2) is 5.78 Å². The number of hydrogen-bond acceptors (Lipinski definition) is 3. The fourth-order valence-electron chi connectivity index (χ4n) is 0.419. The van der Waals surface area contributed by atoms with E-state index in [1.54, 1.807) is 10.9 Å². The van der Waals surface area contributed by atoms with E-state index in [9.17, 15) is 4.79 Å². The van der Waals surface area contributed by atoms with E-state index in [1.807, 2.05) is 0 Å². The minimum atomic E-state index is -0.113. The topological polar surface area (TPSA) is 30.0 Å². The van der Waals surface area contributed by atoms with Crippen molar-refractivity contribution in [3.05, 3.63) is 16.6 Å². The fourth-order valence-corrected chi connectivity index (χ4v) is 1.11. The summed E-state index contributed by atoms with van der Waals surface area (Å²) in [5.74, 6) is -0.0954. The number of rotatable bonds is 2. The minimum Gasteiger partial charge on any atom is -0.291 e. The predicted molar refractivity (Wildman–Crippen MR) is 37.2 cm³/mol. The lowest BCUT2D eigenvalue weighted by Crippen LogP contribution is -1.99. The zero-order valence-corrected chi connectivity index (χ0v) is 6.08. The summed E-state index contributed by atoms with van der Waals surface area (Å²) in [6, 6.07) is 0. The number of Topliss-reactive ketones (excluding diaryl/α,β-unsaturated/α-hetero) is 1. The van der Waals surface area contributed by atoms with Crippen LogP contribution in [0.3, 0.4) is 0 Å². The predicted octanol–water partition coefficient (Wildman–Crippen LogP) is 1.56. The molecule has 0 saturated heterocycles. The molecule has 9 heavy (non-hydrogen) atoms. The summed E-state index contributed by atoms with van der Waals surface area (Å²) in [5, 5.41) is 1.69. The average Bonchev–Trinajstić information content (AvgIpc) is 2.37. The summed E-state index contributed by atoms with van der Waals surface area (Å²) < 4.78 is 0. The van der Waals surface area contributed by atoms with E-state index in [2.05, 4.69) is 4.98 Å². The summed E-state index contributed by atoms with van der Waals surface area (Å²) in [6.07, 6.45) is 0. The Hall–Kier alpha value is -0.410. The van der Waals surface area contributed by atoms with E-state index >= 15 is 0 Å². The number of hydrogen-bond donors (Lipinski definition) is 0. The Kier molecular flexibility index (Phi) is 2.19. The van der Waals surface area contributed by atoms with Crippen molar-refractivity contribution in [2.75, 3.05) is 5.88 Å². The van der Waals surface area contributed by atoms with Crippen LogP contribution in [0.25, 0.3) is 0 Å². The summed E-state index contributed by atoms with van der Waals surface area (Å²) in [7, 11) is 0. The Labute approximate surface area is 61.5 Å². The Bertz CT molecular complexity index is 197. The van der Waals surface area contributed by atoms with Crippen LogP contribution >= 0.6 is 22.9 Å². The second kappa shape index (κ2) is 2.94. The van der Waals surface area contributed by atoms with Gasteiger partial charge in [0.05, 0.1) is 11.4 Å². The molecule has 0 N–H and O–H groups in total. The molecule has 0 aliphatic heterocycles.